The second-order valence-corrected chi connectivity index (χ2v) is 8.05. The molecule has 0 aliphatic carbocycles. The number of amides is 1. The van der Waals surface area contributed by atoms with Gasteiger partial charge in [-0.15, -0.1) is 0 Å². The zero-order valence-electron chi connectivity index (χ0n) is 14.8. The van der Waals surface area contributed by atoms with Crippen molar-refractivity contribution >= 4 is 34.2 Å². The van der Waals surface area contributed by atoms with Gasteiger partial charge < -0.3 is 10.1 Å². The first-order chi connectivity index (χ1) is 11.9. The van der Waals surface area contributed by atoms with Gasteiger partial charge in [0.1, 0.15) is 5.75 Å². The standard InChI is InChI=1S/C19H19F3INO2/c1-11(25)24-15-9-13(19(20,21)22)6-8-16(15)26-17-10-12(18(2,3)4)5-7-14(17)23/h5-10H,1-4H3,(H,24,25). The number of carbonyl (C=O) groups excluding carboxylic acids is 1. The highest BCUT2D eigenvalue weighted by Gasteiger charge is 2.31. The Labute approximate surface area is 164 Å². The van der Waals surface area contributed by atoms with Gasteiger partial charge in [0.2, 0.25) is 5.91 Å². The number of hydrogen-bond acceptors (Lipinski definition) is 2. The Hall–Kier alpha value is -1.77. The summed E-state index contributed by atoms with van der Waals surface area (Å²) >= 11 is 2.10. The third-order valence-corrected chi connectivity index (χ3v) is 4.53. The second kappa shape index (κ2) is 7.46. The molecule has 0 aromatic heterocycles. The topological polar surface area (TPSA) is 38.3 Å². The van der Waals surface area contributed by atoms with Gasteiger partial charge in [-0.2, -0.15) is 13.2 Å². The molecule has 3 nitrogen and oxygen atoms in total. The van der Waals surface area contributed by atoms with Crippen LogP contribution in [-0.2, 0) is 16.4 Å². The first kappa shape index (κ1) is 20.5. The molecule has 1 amide bonds. The van der Waals surface area contributed by atoms with E-state index in [9.17, 15) is 18.0 Å². The predicted molar refractivity (Wildman–Crippen MR) is 104 cm³/mol. The summed E-state index contributed by atoms with van der Waals surface area (Å²) in [6.07, 6.45) is -4.51. The first-order valence-electron chi connectivity index (χ1n) is 7.84. The fourth-order valence-corrected chi connectivity index (χ4v) is 2.69. The molecule has 2 rings (SSSR count). The molecule has 0 radical (unpaired) electrons. The molecule has 0 unspecified atom stereocenters. The van der Waals surface area contributed by atoms with Gasteiger partial charge in [0.05, 0.1) is 14.8 Å². The quantitative estimate of drug-likeness (QED) is 0.523. The summed E-state index contributed by atoms with van der Waals surface area (Å²) in [5.41, 5.74) is 0.0419. The summed E-state index contributed by atoms with van der Waals surface area (Å²) in [6.45, 7) is 7.40. The van der Waals surface area contributed by atoms with Crippen LogP contribution in [0.1, 0.15) is 38.8 Å². The summed E-state index contributed by atoms with van der Waals surface area (Å²) in [5.74, 6) is 0.189. The molecule has 140 valence electrons. The molecule has 7 heteroatoms. The number of halogens is 4. The molecule has 0 saturated carbocycles. The molecule has 0 spiro atoms. The van der Waals surface area contributed by atoms with Crippen LogP contribution in [0.2, 0.25) is 0 Å². The zero-order chi connectivity index (χ0) is 19.7. The number of ether oxygens (including phenoxy) is 1. The van der Waals surface area contributed by atoms with Crippen molar-refractivity contribution in [2.24, 2.45) is 0 Å². The molecule has 2 aromatic rings. The lowest BCUT2D eigenvalue weighted by atomic mass is 9.87. The summed E-state index contributed by atoms with van der Waals surface area (Å²) in [6, 6.07) is 8.75. The third-order valence-electron chi connectivity index (χ3n) is 3.63. The third kappa shape index (κ3) is 5.12. The van der Waals surface area contributed by atoms with Crippen molar-refractivity contribution in [1.82, 2.24) is 0 Å². The van der Waals surface area contributed by atoms with Gasteiger partial charge in [-0.25, -0.2) is 0 Å². The normalized spacial score (nSPS) is 12.0. The molecule has 0 bridgehead atoms. The van der Waals surface area contributed by atoms with E-state index < -0.39 is 17.6 Å². The van der Waals surface area contributed by atoms with Crippen molar-refractivity contribution in [3.63, 3.8) is 0 Å². The average Bonchev–Trinajstić information content (AvgIpc) is 2.48. The molecule has 26 heavy (non-hydrogen) atoms. The molecule has 0 heterocycles. The number of carbonyl (C=O) groups is 1. The van der Waals surface area contributed by atoms with Crippen LogP contribution in [0.3, 0.4) is 0 Å². The van der Waals surface area contributed by atoms with E-state index in [0.29, 0.717) is 5.75 Å². The molecule has 0 atom stereocenters. The van der Waals surface area contributed by atoms with E-state index in [1.54, 1.807) is 0 Å². The van der Waals surface area contributed by atoms with Gasteiger partial charge in [0.15, 0.2) is 5.75 Å². The average molecular weight is 477 g/mol. The van der Waals surface area contributed by atoms with Crippen LogP contribution < -0.4 is 10.1 Å². The van der Waals surface area contributed by atoms with Crippen LogP contribution in [0.5, 0.6) is 11.5 Å². The van der Waals surface area contributed by atoms with E-state index in [0.717, 1.165) is 21.3 Å². The van der Waals surface area contributed by atoms with Gasteiger partial charge in [0, 0.05) is 6.92 Å². The van der Waals surface area contributed by atoms with Gasteiger partial charge in [-0.1, -0.05) is 26.8 Å². The Morgan fingerprint density at radius 2 is 1.62 bits per heavy atom. The first-order valence-corrected chi connectivity index (χ1v) is 8.92. The summed E-state index contributed by atoms with van der Waals surface area (Å²) in [4.78, 5) is 11.4. The van der Waals surface area contributed by atoms with Crippen molar-refractivity contribution in [2.75, 3.05) is 5.32 Å². The molecule has 0 aliphatic heterocycles. The summed E-state index contributed by atoms with van der Waals surface area (Å²) < 4.78 is 45.5. The van der Waals surface area contributed by atoms with Crippen molar-refractivity contribution < 1.29 is 22.7 Å². The lowest BCUT2D eigenvalue weighted by Gasteiger charge is -2.21. The highest BCUT2D eigenvalue weighted by atomic mass is 127. The Kier molecular flexibility index (Phi) is 5.89. The zero-order valence-corrected chi connectivity index (χ0v) is 16.9. The minimum Gasteiger partial charge on any atom is -0.454 e. The van der Waals surface area contributed by atoms with Crippen LogP contribution in [0.25, 0.3) is 0 Å². The van der Waals surface area contributed by atoms with E-state index >= 15 is 0 Å². The minimum absolute atomic E-state index is 0.0238. The minimum atomic E-state index is -4.51. The molecule has 2 aromatic carbocycles. The van der Waals surface area contributed by atoms with E-state index in [1.165, 1.54) is 13.0 Å². The van der Waals surface area contributed by atoms with Gasteiger partial charge >= 0.3 is 6.18 Å². The summed E-state index contributed by atoms with van der Waals surface area (Å²) in [7, 11) is 0. The van der Waals surface area contributed by atoms with Gasteiger partial charge in [-0.3, -0.25) is 4.79 Å². The lowest BCUT2D eigenvalue weighted by Crippen LogP contribution is -2.12. The molecular formula is C19H19F3INO2. The maximum atomic E-state index is 13.0. The molecule has 0 fully saturated rings. The number of hydrogen-bond donors (Lipinski definition) is 1. The van der Waals surface area contributed by atoms with Gasteiger partial charge in [-0.05, 0) is 63.9 Å². The fourth-order valence-electron chi connectivity index (χ4n) is 2.25. The highest BCUT2D eigenvalue weighted by Crippen LogP contribution is 2.38. The van der Waals surface area contributed by atoms with Crippen LogP contribution in [0.4, 0.5) is 18.9 Å². The number of nitrogens with one attached hydrogen (secondary N) is 1. The Bertz CT molecular complexity index is 827. The Morgan fingerprint density at radius 3 is 2.15 bits per heavy atom. The van der Waals surface area contributed by atoms with Crippen molar-refractivity contribution in [1.29, 1.82) is 0 Å². The van der Waals surface area contributed by atoms with Crippen molar-refractivity contribution in [2.45, 2.75) is 39.3 Å². The van der Waals surface area contributed by atoms with Crippen LogP contribution in [0, 0.1) is 3.57 Å². The SMILES string of the molecule is CC(=O)Nc1cc(C(F)(F)F)ccc1Oc1cc(C(C)(C)C)ccc1I. The predicted octanol–water partition coefficient (Wildman–Crippen LogP) is 6.36. The van der Waals surface area contributed by atoms with E-state index in [1.807, 2.05) is 18.2 Å². The molecule has 0 saturated heterocycles. The maximum absolute atomic E-state index is 13.0. The van der Waals surface area contributed by atoms with E-state index in [4.69, 9.17) is 4.74 Å². The number of rotatable bonds is 3. The largest absolute Gasteiger partial charge is 0.454 e. The maximum Gasteiger partial charge on any atom is 0.416 e. The highest BCUT2D eigenvalue weighted by molar-refractivity contribution is 14.1. The molecule has 1 N–H and O–H groups in total. The van der Waals surface area contributed by atoms with Crippen LogP contribution >= 0.6 is 22.6 Å². The smallest absolute Gasteiger partial charge is 0.416 e. The number of anilines is 1. The van der Waals surface area contributed by atoms with Crippen molar-refractivity contribution in [3.05, 3.63) is 51.1 Å². The monoisotopic (exact) mass is 477 g/mol. The summed E-state index contributed by atoms with van der Waals surface area (Å²) in [5, 5.41) is 2.40. The van der Waals surface area contributed by atoms with E-state index in [-0.39, 0.29) is 16.9 Å². The second-order valence-electron chi connectivity index (χ2n) is 6.89. The number of benzene rings is 2. The lowest BCUT2D eigenvalue weighted by molar-refractivity contribution is -0.137. The van der Waals surface area contributed by atoms with Gasteiger partial charge in [0.25, 0.3) is 0 Å². The van der Waals surface area contributed by atoms with Crippen LogP contribution in [-0.4, -0.2) is 5.91 Å². The Balaban J connectivity index is 2.47. The molecule has 0 aliphatic rings. The molecular weight excluding hydrogens is 458 g/mol. The Morgan fingerprint density at radius 1 is 1.00 bits per heavy atom. The van der Waals surface area contributed by atoms with Crippen LogP contribution in [0.15, 0.2) is 36.4 Å². The number of alkyl halides is 3. The van der Waals surface area contributed by atoms with Crippen molar-refractivity contribution in [3.8, 4) is 11.5 Å². The fraction of sp³-hybridized carbons (Fsp3) is 0.316. The van der Waals surface area contributed by atoms with E-state index in [2.05, 4.69) is 48.7 Å².